The number of fused-ring (bicyclic) bond motifs is 1. The van der Waals surface area contributed by atoms with E-state index >= 15 is 0 Å². The highest BCUT2D eigenvalue weighted by Gasteiger charge is 2.51. The molecular weight excluding hydrogens is 465 g/mol. The van der Waals surface area contributed by atoms with Gasteiger partial charge in [-0.25, -0.2) is 4.39 Å². The smallest absolute Gasteiger partial charge is 0.228 e. The Hall–Kier alpha value is -2.47. The summed E-state index contributed by atoms with van der Waals surface area (Å²) in [4.78, 5) is 14.0. The van der Waals surface area contributed by atoms with Crippen LogP contribution in [0.1, 0.15) is 64.2 Å². The maximum atomic E-state index is 14.1. The molecule has 3 aliphatic rings. The van der Waals surface area contributed by atoms with Crippen LogP contribution in [0.3, 0.4) is 0 Å². The largest absolute Gasteiger partial charge is 0.489 e. The van der Waals surface area contributed by atoms with Crippen LogP contribution in [0.5, 0.6) is 5.75 Å². The molecule has 5 nitrogen and oxygen atoms in total. The predicted octanol–water partition coefficient (Wildman–Crippen LogP) is 6.74. The van der Waals surface area contributed by atoms with Crippen LogP contribution in [-0.4, -0.2) is 24.2 Å². The summed E-state index contributed by atoms with van der Waals surface area (Å²) in [6, 6.07) is 12.1. The fraction of sp³-hybridized carbons (Fsp3) is 0.536. The minimum atomic E-state index is -0.892. The normalized spacial score (nSPS) is 23.6. The number of anilines is 2. The Labute approximate surface area is 212 Å². The van der Waals surface area contributed by atoms with Crippen molar-refractivity contribution in [2.24, 2.45) is 11.8 Å². The van der Waals surface area contributed by atoms with Crippen molar-refractivity contribution >= 4 is 28.9 Å². The maximum absolute atomic E-state index is 14.1. The third-order valence-corrected chi connectivity index (χ3v) is 8.12. The number of hydrogen-bond acceptors (Lipinski definition) is 4. The van der Waals surface area contributed by atoms with Crippen LogP contribution >= 0.6 is 11.6 Å². The van der Waals surface area contributed by atoms with Crippen LogP contribution in [-0.2, 0) is 4.79 Å². The van der Waals surface area contributed by atoms with Crippen LogP contribution in [0, 0.1) is 17.7 Å². The Morgan fingerprint density at radius 3 is 2.34 bits per heavy atom. The highest BCUT2D eigenvalue weighted by molar-refractivity contribution is 6.30. The molecule has 0 aromatic heterocycles. The molecule has 2 saturated carbocycles. The number of carbonyl (C=O) groups is 1. The van der Waals surface area contributed by atoms with Gasteiger partial charge >= 0.3 is 0 Å². The van der Waals surface area contributed by atoms with Crippen molar-refractivity contribution in [2.75, 3.05) is 17.2 Å². The molecule has 2 aromatic rings. The van der Waals surface area contributed by atoms with Crippen LogP contribution in [0.15, 0.2) is 42.5 Å². The van der Waals surface area contributed by atoms with Crippen molar-refractivity contribution in [2.45, 2.75) is 75.9 Å². The van der Waals surface area contributed by atoms with E-state index in [9.17, 15) is 9.18 Å². The van der Waals surface area contributed by atoms with Crippen molar-refractivity contribution in [3.05, 3.63) is 53.3 Å². The SMILES string of the molecule is O=C(NC1CCCCC1)C(C1CCCCC1)C1(COc2ccc(Cl)cc2)Nc2ccc(F)cc2N1. The van der Waals surface area contributed by atoms with Crippen LogP contribution < -0.4 is 20.7 Å². The molecule has 188 valence electrons. The number of rotatable bonds is 7. The Morgan fingerprint density at radius 2 is 1.63 bits per heavy atom. The van der Waals surface area contributed by atoms with Gasteiger partial charge in [0.25, 0.3) is 0 Å². The monoisotopic (exact) mass is 499 g/mol. The van der Waals surface area contributed by atoms with E-state index in [0.29, 0.717) is 16.5 Å². The number of halogens is 2. The summed E-state index contributed by atoms with van der Waals surface area (Å²) in [5.74, 6) is 0.271. The van der Waals surface area contributed by atoms with Gasteiger partial charge in [-0.3, -0.25) is 4.79 Å². The molecular formula is C28H35ClFN3O2. The number of amides is 1. The summed E-state index contributed by atoms with van der Waals surface area (Å²) in [5, 5.41) is 11.1. The number of hydrogen-bond donors (Lipinski definition) is 3. The predicted molar refractivity (Wildman–Crippen MR) is 138 cm³/mol. The summed E-state index contributed by atoms with van der Waals surface area (Å²) in [6.07, 6.45) is 11.1. The molecule has 2 atom stereocenters. The summed E-state index contributed by atoms with van der Waals surface area (Å²) < 4.78 is 20.4. The minimum absolute atomic E-state index is 0.0665. The van der Waals surface area contributed by atoms with Gasteiger partial charge in [0.2, 0.25) is 5.91 Å². The van der Waals surface area contributed by atoms with Gasteiger partial charge in [-0.15, -0.1) is 0 Å². The highest BCUT2D eigenvalue weighted by Crippen LogP contribution is 2.44. The topological polar surface area (TPSA) is 62.4 Å². The second kappa shape index (κ2) is 10.7. The number of benzene rings is 2. The van der Waals surface area contributed by atoms with Crippen LogP contribution in [0.4, 0.5) is 15.8 Å². The second-order valence-electron chi connectivity index (χ2n) is 10.4. The Bertz CT molecular complexity index is 1020. The van der Waals surface area contributed by atoms with E-state index in [4.69, 9.17) is 16.3 Å². The van der Waals surface area contributed by atoms with E-state index in [2.05, 4.69) is 16.0 Å². The lowest BCUT2D eigenvalue weighted by Crippen LogP contribution is -2.61. The van der Waals surface area contributed by atoms with E-state index in [-0.39, 0.29) is 36.2 Å². The van der Waals surface area contributed by atoms with E-state index in [1.165, 1.54) is 25.0 Å². The molecule has 7 heteroatoms. The summed E-state index contributed by atoms with van der Waals surface area (Å²) in [5.41, 5.74) is 0.560. The van der Waals surface area contributed by atoms with E-state index < -0.39 is 5.66 Å². The molecule has 35 heavy (non-hydrogen) atoms. The summed E-state index contributed by atoms with van der Waals surface area (Å²) in [6.45, 7) is 0.212. The molecule has 1 heterocycles. The first-order chi connectivity index (χ1) is 17.0. The average molecular weight is 500 g/mol. The molecule has 5 rings (SSSR count). The zero-order valence-electron chi connectivity index (χ0n) is 20.1. The zero-order valence-corrected chi connectivity index (χ0v) is 20.9. The molecule has 2 unspecified atom stereocenters. The third-order valence-electron chi connectivity index (χ3n) is 7.86. The summed E-state index contributed by atoms with van der Waals surface area (Å²) >= 11 is 6.06. The maximum Gasteiger partial charge on any atom is 0.228 e. The molecule has 0 saturated heterocycles. The number of carbonyl (C=O) groups excluding carboxylic acids is 1. The van der Waals surface area contributed by atoms with Crippen molar-refractivity contribution < 1.29 is 13.9 Å². The molecule has 0 spiro atoms. The number of nitrogens with one attached hydrogen (secondary N) is 3. The first-order valence-corrected chi connectivity index (χ1v) is 13.4. The van der Waals surface area contributed by atoms with Crippen LogP contribution in [0.25, 0.3) is 0 Å². The third kappa shape index (κ3) is 5.53. The van der Waals surface area contributed by atoms with Crippen molar-refractivity contribution in [1.82, 2.24) is 5.32 Å². The average Bonchev–Trinajstić information content (AvgIpc) is 3.23. The van der Waals surface area contributed by atoms with Gasteiger partial charge in [0.1, 0.15) is 18.2 Å². The minimum Gasteiger partial charge on any atom is -0.489 e. The summed E-state index contributed by atoms with van der Waals surface area (Å²) in [7, 11) is 0. The van der Waals surface area contributed by atoms with Gasteiger partial charge in [-0.1, -0.05) is 50.1 Å². The van der Waals surface area contributed by atoms with E-state index in [1.54, 1.807) is 18.2 Å². The Balaban J connectivity index is 1.47. The quantitative estimate of drug-likeness (QED) is 0.395. The van der Waals surface area contributed by atoms with Gasteiger partial charge in [-0.05, 0) is 74.1 Å². The standard InChI is InChI=1S/C28H35ClFN3O2/c29-20-11-14-23(15-12-20)35-18-28(32-24-16-13-21(30)17-25(24)33-28)26(19-7-3-1-4-8-19)27(34)31-22-9-5-2-6-10-22/h11-17,19,22,26,32-33H,1-10,18H2,(H,31,34). The van der Waals surface area contributed by atoms with Crippen LogP contribution in [0.2, 0.25) is 5.02 Å². The molecule has 1 amide bonds. The first-order valence-electron chi connectivity index (χ1n) is 13.1. The molecule has 3 N–H and O–H groups in total. The number of ether oxygens (including phenoxy) is 1. The molecule has 2 aliphatic carbocycles. The first kappa shape index (κ1) is 24.2. The van der Waals surface area contributed by atoms with Gasteiger partial charge in [-0.2, -0.15) is 0 Å². The van der Waals surface area contributed by atoms with Gasteiger partial charge < -0.3 is 20.7 Å². The van der Waals surface area contributed by atoms with Crippen molar-refractivity contribution in [3.63, 3.8) is 0 Å². The molecule has 2 aromatic carbocycles. The molecule has 0 radical (unpaired) electrons. The fourth-order valence-electron chi connectivity index (χ4n) is 6.13. The molecule has 1 aliphatic heterocycles. The van der Waals surface area contributed by atoms with Gasteiger partial charge in [0, 0.05) is 11.1 Å². The Kier molecular flexibility index (Phi) is 7.37. The van der Waals surface area contributed by atoms with Gasteiger partial charge in [0.05, 0.1) is 17.3 Å². The lowest BCUT2D eigenvalue weighted by atomic mass is 9.73. The lowest BCUT2D eigenvalue weighted by molar-refractivity contribution is -0.130. The van der Waals surface area contributed by atoms with Crippen molar-refractivity contribution in [3.8, 4) is 5.75 Å². The van der Waals surface area contributed by atoms with E-state index in [1.807, 2.05) is 12.1 Å². The highest BCUT2D eigenvalue weighted by atomic mass is 35.5. The molecule has 0 bridgehead atoms. The fourth-order valence-corrected chi connectivity index (χ4v) is 6.26. The van der Waals surface area contributed by atoms with Gasteiger partial charge in [0.15, 0.2) is 5.66 Å². The van der Waals surface area contributed by atoms with E-state index in [0.717, 1.165) is 57.1 Å². The lowest BCUT2D eigenvalue weighted by Gasteiger charge is -2.43. The second-order valence-corrected chi connectivity index (χ2v) is 10.8. The Morgan fingerprint density at radius 1 is 0.971 bits per heavy atom. The molecule has 2 fully saturated rings. The zero-order chi connectivity index (χ0) is 24.3. The van der Waals surface area contributed by atoms with Crippen molar-refractivity contribution in [1.29, 1.82) is 0 Å².